The van der Waals surface area contributed by atoms with Crippen molar-refractivity contribution in [2.24, 2.45) is 11.7 Å². The van der Waals surface area contributed by atoms with Crippen LogP contribution in [0.1, 0.15) is 24.4 Å². The Labute approximate surface area is 118 Å². The van der Waals surface area contributed by atoms with Crippen LogP contribution in [0.25, 0.3) is 0 Å². The SMILES string of the molecule is COCC1CCCN(CC(N)c2ccc(F)c(F)c2)C1. The maximum Gasteiger partial charge on any atom is 0.159 e. The van der Waals surface area contributed by atoms with Crippen molar-refractivity contribution in [1.29, 1.82) is 0 Å². The van der Waals surface area contributed by atoms with Crippen molar-refractivity contribution >= 4 is 0 Å². The molecule has 0 radical (unpaired) electrons. The van der Waals surface area contributed by atoms with E-state index in [9.17, 15) is 8.78 Å². The summed E-state index contributed by atoms with van der Waals surface area (Å²) in [4.78, 5) is 2.28. The molecule has 0 aliphatic carbocycles. The molecule has 0 saturated carbocycles. The fraction of sp³-hybridized carbons (Fsp3) is 0.600. The number of hydrogen-bond donors (Lipinski definition) is 1. The largest absolute Gasteiger partial charge is 0.384 e. The summed E-state index contributed by atoms with van der Waals surface area (Å²) in [7, 11) is 1.71. The van der Waals surface area contributed by atoms with E-state index in [0.29, 0.717) is 18.0 Å². The highest BCUT2D eigenvalue weighted by atomic mass is 19.2. The Bertz CT molecular complexity index is 440. The van der Waals surface area contributed by atoms with Crippen LogP contribution < -0.4 is 5.73 Å². The molecule has 5 heteroatoms. The molecule has 3 nitrogen and oxygen atoms in total. The average Bonchev–Trinajstić information content (AvgIpc) is 2.42. The predicted molar refractivity (Wildman–Crippen MR) is 74.3 cm³/mol. The minimum atomic E-state index is -0.839. The van der Waals surface area contributed by atoms with Crippen LogP contribution in [0.5, 0.6) is 0 Å². The third-order valence-electron chi connectivity index (χ3n) is 3.83. The molecule has 1 saturated heterocycles. The van der Waals surface area contributed by atoms with Gasteiger partial charge in [0.25, 0.3) is 0 Å². The van der Waals surface area contributed by atoms with E-state index in [1.165, 1.54) is 12.5 Å². The van der Waals surface area contributed by atoms with E-state index in [0.717, 1.165) is 32.2 Å². The van der Waals surface area contributed by atoms with E-state index in [2.05, 4.69) is 4.90 Å². The van der Waals surface area contributed by atoms with Crippen molar-refractivity contribution in [3.63, 3.8) is 0 Å². The monoisotopic (exact) mass is 284 g/mol. The first kappa shape index (κ1) is 15.4. The lowest BCUT2D eigenvalue weighted by atomic mass is 9.97. The lowest BCUT2D eigenvalue weighted by Crippen LogP contribution is -2.41. The van der Waals surface area contributed by atoms with Crippen molar-refractivity contribution in [2.45, 2.75) is 18.9 Å². The van der Waals surface area contributed by atoms with Gasteiger partial charge in [0.05, 0.1) is 6.61 Å². The summed E-state index contributed by atoms with van der Waals surface area (Å²) >= 11 is 0. The molecular formula is C15H22F2N2O. The lowest BCUT2D eigenvalue weighted by Gasteiger charge is -2.34. The molecule has 1 aliphatic heterocycles. The molecule has 2 rings (SSSR count). The van der Waals surface area contributed by atoms with Gasteiger partial charge in [0.15, 0.2) is 11.6 Å². The van der Waals surface area contributed by atoms with E-state index >= 15 is 0 Å². The van der Waals surface area contributed by atoms with Gasteiger partial charge in [-0.25, -0.2) is 8.78 Å². The van der Waals surface area contributed by atoms with Crippen LogP contribution in [0.4, 0.5) is 8.78 Å². The van der Waals surface area contributed by atoms with Crippen LogP contribution in [-0.4, -0.2) is 38.3 Å². The number of ether oxygens (including phenoxy) is 1. The number of piperidine rings is 1. The zero-order valence-electron chi connectivity index (χ0n) is 11.8. The minimum absolute atomic E-state index is 0.300. The second-order valence-corrected chi connectivity index (χ2v) is 5.50. The second-order valence-electron chi connectivity index (χ2n) is 5.50. The Morgan fingerprint density at radius 3 is 2.90 bits per heavy atom. The summed E-state index contributed by atoms with van der Waals surface area (Å²) in [6, 6.07) is 3.58. The van der Waals surface area contributed by atoms with Crippen LogP contribution in [0.3, 0.4) is 0 Å². The Kier molecular flexibility index (Phi) is 5.46. The van der Waals surface area contributed by atoms with Crippen molar-refractivity contribution in [1.82, 2.24) is 4.90 Å². The quantitative estimate of drug-likeness (QED) is 0.902. The number of rotatable bonds is 5. The summed E-state index contributed by atoms with van der Waals surface area (Å²) in [6.07, 6.45) is 2.29. The number of methoxy groups -OCH3 is 1. The van der Waals surface area contributed by atoms with Gasteiger partial charge in [-0.3, -0.25) is 0 Å². The summed E-state index contributed by atoms with van der Waals surface area (Å²) in [6.45, 7) is 3.37. The minimum Gasteiger partial charge on any atom is -0.384 e. The van der Waals surface area contributed by atoms with Gasteiger partial charge in [-0.05, 0) is 43.0 Å². The molecule has 2 unspecified atom stereocenters. The Balaban J connectivity index is 1.93. The number of likely N-dealkylation sites (tertiary alicyclic amines) is 1. The van der Waals surface area contributed by atoms with Crippen LogP contribution in [0.15, 0.2) is 18.2 Å². The summed E-state index contributed by atoms with van der Waals surface area (Å²) in [5, 5.41) is 0. The fourth-order valence-electron chi connectivity index (χ4n) is 2.82. The highest BCUT2D eigenvalue weighted by molar-refractivity contribution is 5.21. The second kappa shape index (κ2) is 7.11. The van der Waals surface area contributed by atoms with E-state index < -0.39 is 11.6 Å². The molecule has 0 spiro atoms. The van der Waals surface area contributed by atoms with Crippen molar-refractivity contribution in [3.8, 4) is 0 Å². The van der Waals surface area contributed by atoms with Gasteiger partial charge in [-0.2, -0.15) is 0 Å². The Hall–Kier alpha value is -1.04. The maximum absolute atomic E-state index is 13.2. The molecule has 1 heterocycles. The molecule has 1 fully saturated rings. The number of hydrogen-bond acceptors (Lipinski definition) is 3. The summed E-state index contributed by atoms with van der Waals surface area (Å²) in [5.41, 5.74) is 6.74. The Morgan fingerprint density at radius 1 is 1.40 bits per heavy atom. The smallest absolute Gasteiger partial charge is 0.159 e. The molecule has 1 aromatic rings. The van der Waals surface area contributed by atoms with Crippen molar-refractivity contribution < 1.29 is 13.5 Å². The van der Waals surface area contributed by atoms with Gasteiger partial charge in [0, 0.05) is 26.2 Å². The normalized spacial score (nSPS) is 21.9. The number of benzene rings is 1. The molecule has 1 aromatic carbocycles. The van der Waals surface area contributed by atoms with E-state index in [-0.39, 0.29) is 6.04 Å². The highest BCUT2D eigenvalue weighted by Crippen LogP contribution is 2.20. The van der Waals surface area contributed by atoms with Gasteiger partial charge in [0.2, 0.25) is 0 Å². The molecule has 2 atom stereocenters. The van der Waals surface area contributed by atoms with Crippen LogP contribution in [0.2, 0.25) is 0 Å². The fourth-order valence-corrected chi connectivity index (χ4v) is 2.82. The summed E-state index contributed by atoms with van der Waals surface area (Å²) in [5.74, 6) is -1.14. The van der Waals surface area contributed by atoms with Gasteiger partial charge >= 0.3 is 0 Å². The first-order valence-corrected chi connectivity index (χ1v) is 7.02. The van der Waals surface area contributed by atoms with Gasteiger partial charge < -0.3 is 15.4 Å². The van der Waals surface area contributed by atoms with Gasteiger partial charge in [-0.15, -0.1) is 0 Å². The molecule has 0 aromatic heterocycles. The van der Waals surface area contributed by atoms with Crippen molar-refractivity contribution in [3.05, 3.63) is 35.4 Å². The maximum atomic E-state index is 13.2. The first-order valence-electron chi connectivity index (χ1n) is 7.02. The molecule has 0 amide bonds. The van der Waals surface area contributed by atoms with Gasteiger partial charge in [-0.1, -0.05) is 6.07 Å². The molecule has 0 bridgehead atoms. The predicted octanol–water partition coefficient (Wildman–Crippen LogP) is 2.32. The average molecular weight is 284 g/mol. The van der Waals surface area contributed by atoms with E-state index in [1.54, 1.807) is 13.2 Å². The topological polar surface area (TPSA) is 38.5 Å². The third kappa shape index (κ3) is 3.98. The molecule has 20 heavy (non-hydrogen) atoms. The number of halogens is 2. The van der Waals surface area contributed by atoms with E-state index in [4.69, 9.17) is 10.5 Å². The number of nitrogens with two attached hydrogens (primary N) is 1. The molecule has 2 N–H and O–H groups in total. The Morgan fingerprint density at radius 2 is 2.20 bits per heavy atom. The number of nitrogens with zero attached hydrogens (tertiary/aromatic N) is 1. The zero-order valence-corrected chi connectivity index (χ0v) is 11.8. The third-order valence-corrected chi connectivity index (χ3v) is 3.83. The standard InChI is InChI=1S/C15H22F2N2O/c1-20-10-11-3-2-6-19(8-11)9-15(18)12-4-5-13(16)14(17)7-12/h4-5,7,11,15H,2-3,6,8-10,18H2,1H3. The highest BCUT2D eigenvalue weighted by Gasteiger charge is 2.22. The molecule has 112 valence electrons. The van der Waals surface area contributed by atoms with Gasteiger partial charge in [0.1, 0.15) is 0 Å². The van der Waals surface area contributed by atoms with Crippen LogP contribution in [-0.2, 0) is 4.74 Å². The first-order chi connectivity index (χ1) is 9.60. The summed E-state index contributed by atoms with van der Waals surface area (Å²) < 4.78 is 31.3. The molecular weight excluding hydrogens is 262 g/mol. The van der Waals surface area contributed by atoms with E-state index in [1.807, 2.05) is 0 Å². The zero-order chi connectivity index (χ0) is 14.5. The van der Waals surface area contributed by atoms with Crippen LogP contribution in [0, 0.1) is 17.6 Å². The van der Waals surface area contributed by atoms with Crippen LogP contribution >= 0.6 is 0 Å². The van der Waals surface area contributed by atoms with Crippen molar-refractivity contribution in [2.75, 3.05) is 33.4 Å². The lowest BCUT2D eigenvalue weighted by molar-refractivity contribution is 0.0878. The molecule has 1 aliphatic rings.